The van der Waals surface area contributed by atoms with E-state index in [2.05, 4.69) is 30.5 Å². The van der Waals surface area contributed by atoms with Gasteiger partial charge in [0.05, 0.1) is 0 Å². The highest BCUT2D eigenvalue weighted by Crippen LogP contribution is 2.16. The summed E-state index contributed by atoms with van der Waals surface area (Å²) in [5.41, 5.74) is 0. The summed E-state index contributed by atoms with van der Waals surface area (Å²) in [5.74, 6) is 0. The second-order valence-corrected chi connectivity index (χ2v) is 7.19. The summed E-state index contributed by atoms with van der Waals surface area (Å²) in [5, 5.41) is 0. The Labute approximate surface area is 116 Å². The highest BCUT2D eigenvalue weighted by Gasteiger charge is 2.24. The van der Waals surface area contributed by atoms with Gasteiger partial charge in [-0.05, 0) is 48.4 Å². The number of likely N-dealkylation sites (tertiary alicyclic amines) is 1. The zero-order chi connectivity index (χ0) is 13.2. The Morgan fingerprint density at radius 1 is 1.50 bits per heavy atom. The molecule has 1 fully saturated rings. The van der Waals surface area contributed by atoms with Gasteiger partial charge in [-0.15, -0.1) is 0 Å². The van der Waals surface area contributed by atoms with E-state index in [-0.39, 0.29) is 10.9 Å². The van der Waals surface area contributed by atoms with Gasteiger partial charge in [-0.3, -0.25) is 4.98 Å². The number of halogens is 1. The number of hydrogen-bond donors (Lipinski definition) is 1. The van der Waals surface area contributed by atoms with Crippen molar-refractivity contribution in [2.75, 3.05) is 20.1 Å². The Hall–Kier alpha value is -0.500. The Bertz CT molecular complexity index is 521. The summed E-state index contributed by atoms with van der Waals surface area (Å²) >= 11 is 3.23. The number of pyridine rings is 1. The van der Waals surface area contributed by atoms with Crippen molar-refractivity contribution >= 4 is 26.0 Å². The average molecular weight is 334 g/mol. The van der Waals surface area contributed by atoms with Crippen LogP contribution in [0.3, 0.4) is 0 Å². The fourth-order valence-corrected chi connectivity index (χ4v) is 3.85. The molecule has 1 aromatic heterocycles. The third-order valence-electron chi connectivity index (χ3n) is 2.94. The molecular formula is C11H16BrN3O2S. The van der Waals surface area contributed by atoms with Gasteiger partial charge in [0.1, 0.15) is 4.90 Å². The van der Waals surface area contributed by atoms with Crippen molar-refractivity contribution in [1.29, 1.82) is 0 Å². The highest BCUT2D eigenvalue weighted by molar-refractivity contribution is 9.10. The van der Waals surface area contributed by atoms with Crippen molar-refractivity contribution in [3.8, 4) is 0 Å². The molecule has 1 aromatic rings. The predicted octanol–water partition coefficient (Wildman–Crippen LogP) is 1.22. The van der Waals surface area contributed by atoms with Crippen molar-refractivity contribution in [1.82, 2.24) is 14.6 Å². The SMILES string of the molecule is CN1CCC[C@H](NS(=O)(=O)c2cncc(Br)c2)C1. The van der Waals surface area contributed by atoms with Crippen molar-refractivity contribution in [2.24, 2.45) is 0 Å². The molecule has 0 amide bonds. The Morgan fingerprint density at radius 2 is 2.28 bits per heavy atom. The fourth-order valence-electron chi connectivity index (χ4n) is 2.09. The quantitative estimate of drug-likeness (QED) is 0.903. The maximum atomic E-state index is 12.2. The first-order valence-electron chi connectivity index (χ1n) is 5.79. The molecule has 7 heteroatoms. The molecule has 2 rings (SSSR count). The second-order valence-electron chi connectivity index (χ2n) is 4.56. The van der Waals surface area contributed by atoms with Gasteiger partial charge in [0.25, 0.3) is 0 Å². The van der Waals surface area contributed by atoms with Crippen molar-refractivity contribution in [3.63, 3.8) is 0 Å². The molecular weight excluding hydrogens is 318 g/mol. The lowest BCUT2D eigenvalue weighted by molar-refractivity contribution is 0.242. The second kappa shape index (κ2) is 5.64. The molecule has 0 radical (unpaired) electrons. The zero-order valence-corrected chi connectivity index (χ0v) is 12.5. The minimum Gasteiger partial charge on any atom is -0.305 e. The van der Waals surface area contributed by atoms with Crippen LogP contribution in [0.2, 0.25) is 0 Å². The minimum atomic E-state index is -3.47. The number of rotatable bonds is 3. The van der Waals surface area contributed by atoms with E-state index in [9.17, 15) is 8.42 Å². The molecule has 1 aliphatic rings. The molecule has 0 unspecified atom stereocenters. The molecule has 0 bridgehead atoms. The van der Waals surface area contributed by atoms with Crippen LogP contribution in [0.5, 0.6) is 0 Å². The third-order valence-corrected chi connectivity index (χ3v) is 4.86. The molecule has 100 valence electrons. The number of nitrogens with one attached hydrogen (secondary N) is 1. The maximum absolute atomic E-state index is 12.2. The maximum Gasteiger partial charge on any atom is 0.242 e. The van der Waals surface area contributed by atoms with Gasteiger partial charge in [0, 0.05) is 29.5 Å². The van der Waals surface area contributed by atoms with Crippen LogP contribution < -0.4 is 4.72 Å². The van der Waals surface area contributed by atoms with Crippen LogP contribution in [-0.4, -0.2) is 44.5 Å². The third kappa shape index (κ3) is 3.50. The number of aromatic nitrogens is 1. The lowest BCUT2D eigenvalue weighted by Crippen LogP contribution is -2.46. The molecule has 0 spiro atoms. The first-order valence-corrected chi connectivity index (χ1v) is 8.06. The summed E-state index contributed by atoms with van der Waals surface area (Å²) < 4.78 is 27.7. The highest BCUT2D eigenvalue weighted by atomic mass is 79.9. The molecule has 0 aromatic carbocycles. The standard InChI is InChI=1S/C11H16BrN3O2S/c1-15-4-2-3-10(8-15)14-18(16,17)11-5-9(12)6-13-7-11/h5-7,10,14H,2-4,8H2,1H3/t10-/m0/s1. The van der Waals surface area contributed by atoms with Gasteiger partial charge in [-0.1, -0.05) is 0 Å². The molecule has 5 nitrogen and oxygen atoms in total. The van der Waals surface area contributed by atoms with Crippen molar-refractivity contribution in [2.45, 2.75) is 23.8 Å². The number of piperidine rings is 1. The average Bonchev–Trinajstić information content (AvgIpc) is 2.28. The monoisotopic (exact) mass is 333 g/mol. The van der Waals surface area contributed by atoms with Gasteiger partial charge in [-0.2, -0.15) is 0 Å². The zero-order valence-electron chi connectivity index (χ0n) is 10.1. The number of sulfonamides is 1. The topological polar surface area (TPSA) is 62.3 Å². The normalized spacial score (nSPS) is 22.0. The molecule has 1 aliphatic heterocycles. The Balaban J connectivity index is 2.12. The summed E-state index contributed by atoms with van der Waals surface area (Å²) in [6.45, 7) is 1.78. The smallest absolute Gasteiger partial charge is 0.242 e. The fraction of sp³-hybridized carbons (Fsp3) is 0.545. The minimum absolute atomic E-state index is 0.0206. The number of hydrogen-bond acceptors (Lipinski definition) is 4. The van der Waals surface area contributed by atoms with Crippen LogP contribution in [0.4, 0.5) is 0 Å². The van der Waals surface area contributed by atoms with Gasteiger partial charge >= 0.3 is 0 Å². The van der Waals surface area contributed by atoms with E-state index in [0.717, 1.165) is 25.9 Å². The van der Waals surface area contributed by atoms with Crippen LogP contribution in [0.25, 0.3) is 0 Å². The lowest BCUT2D eigenvalue weighted by Gasteiger charge is -2.29. The largest absolute Gasteiger partial charge is 0.305 e. The van der Waals surface area contributed by atoms with Crippen LogP contribution in [0.1, 0.15) is 12.8 Å². The first kappa shape index (κ1) is 13.9. The number of likely N-dealkylation sites (N-methyl/N-ethyl adjacent to an activating group) is 1. The van der Waals surface area contributed by atoms with Crippen LogP contribution in [-0.2, 0) is 10.0 Å². The van der Waals surface area contributed by atoms with Crippen LogP contribution in [0, 0.1) is 0 Å². The molecule has 0 aliphatic carbocycles. The van der Waals surface area contributed by atoms with Crippen molar-refractivity contribution < 1.29 is 8.42 Å². The molecule has 1 atom stereocenters. The van der Waals surface area contributed by atoms with E-state index in [4.69, 9.17) is 0 Å². The lowest BCUT2D eigenvalue weighted by atomic mass is 10.1. The van der Waals surface area contributed by atoms with E-state index in [1.807, 2.05) is 7.05 Å². The molecule has 1 saturated heterocycles. The van der Waals surface area contributed by atoms with Gasteiger partial charge < -0.3 is 4.90 Å². The van der Waals surface area contributed by atoms with E-state index in [1.54, 1.807) is 12.3 Å². The predicted molar refractivity (Wildman–Crippen MR) is 72.8 cm³/mol. The summed E-state index contributed by atoms with van der Waals surface area (Å²) in [7, 11) is -1.47. The van der Waals surface area contributed by atoms with Gasteiger partial charge in [0.2, 0.25) is 10.0 Å². The summed E-state index contributed by atoms with van der Waals surface area (Å²) in [4.78, 5) is 6.22. The van der Waals surface area contributed by atoms with Crippen molar-refractivity contribution in [3.05, 3.63) is 22.9 Å². The molecule has 0 saturated carbocycles. The van der Waals surface area contributed by atoms with Gasteiger partial charge in [0.15, 0.2) is 0 Å². The van der Waals surface area contributed by atoms with E-state index < -0.39 is 10.0 Å². The molecule has 2 heterocycles. The van der Waals surface area contributed by atoms with Gasteiger partial charge in [-0.25, -0.2) is 13.1 Å². The Kier molecular flexibility index (Phi) is 4.37. The van der Waals surface area contributed by atoms with E-state index >= 15 is 0 Å². The van der Waals surface area contributed by atoms with Crippen LogP contribution >= 0.6 is 15.9 Å². The molecule has 1 N–H and O–H groups in total. The van der Waals surface area contributed by atoms with Crippen LogP contribution in [0.15, 0.2) is 27.8 Å². The first-order chi connectivity index (χ1) is 8.47. The van der Waals surface area contributed by atoms with E-state index in [0.29, 0.717) is 4.47 Å². The summed E-state index contributed by atoms with van der Waals surface area (Å²) in [6.07, 6.45) is 4.82. The Morgan fingerprint density at radius 3 is 2.94 bits per heavy atom. The summed E-state index contributed by atoms with van der Waals surface area (Å²) in [6, 6.07) is 1.54. The van der Waals surface area contributed by atoms with E-state index in [1.165, 1.54) is 6.20 Å². The number of nitrogens with zero attached hydrogens (tertiary/aromatic N) is 2. The molecule has 18 heavy (non-hydrogen) atoms.